The van der Waals surface area contributed by atoms with Crippen molar-refractivity contribution in [1.82, 2.24) is 4.57 Å². The maximum Gasteiger partial charge on any atom is 0.430 e. The van der Waals surface area contributed by atoms with Gasteiger partial charge in [-0.1, -0.05) is 19.4 Å². The second-order valence-corrected chi connectivity index (χ2v) is 7.66. The number of anilines is 1. The molecule has 0 fully saturated rings. The summed E-state index contributed by atoms with van der Waals surface area (Å²) in [7, 11) is 0. The molecule has 33 heavy (non-hydrogen) atoms. The van der Waals surface area contributed by atoms with E-state index in [4.69, 9.17) is 5.11 Å². The molecule has 0 aliphatic rings. The largest absolute Gasteiger partial charge is 0.430 e. The predicted molar refractivity (Wildman–Crippen MR) is 112 cm³/mol. The van der Waals surface area contributed by atoms with Crippen LogP contribution in [0.4, 0.5) is 32.0 Å². The molecule has 0 spiro atoms. The Kier molecular flexibility index (Phi) is 6.67. The number of alkyl halides is 6. The third-order valence-electron chi connectivity index (χ3n) is 5.49. The third-order valence-corrected chi connectivity index (χ3v) is 5.49. The molecule has 11 heteroatoms. The Morgan fingerprint density at radius 3 is 2.18 bits per heavy atom. The molecule has 0 amide bonds. The van der Waals surface area contributed by atoms with E-state index < -0.39 is 29.1 Å². The number of hydrogen-bond donors (Lipinski definition) is 3. The SMILES string of the molecule is CCCCn1c(=O)c2ccc(NCCO)cc2c2cc(C(O)(C(F)(F)F)C(F)(F)F)ccc21. The van der Waals surface area contributed by atoms with Crippen LogP contribution >= 0.6 is 0 Å². The first-order valence-corrected chi connectivity index (χ1v) is 10.2. The summed E-state index contributed by atoms with van der Waals surface area (Å²) in [4.78, 5) is 13.1. The first-order valence-electron chi connectivity index (χ1n) is 10.2. The Morgan fingerprint density at radius 2 is 1.61 bits per heavy atom. The Bertz CT molecular complexity index is 1200. The number of nitrogens with one attached hydrogen (secondary N) is 1. The molecule has 5 nitrogen and oxygen atoms in total. The lowest BCUT2D eigenvalue weighted by Gasteiger charge is -2.33. The van der Waals surface area contributed by atoms with Gasteiger partial charge in [-0.05, 0) is 42.1 Å². The van der Waals surface area contributed by atoms with Crippen molar-refractivity contribution < 1.29 is 36.6 Å². The number of benzene rings is 2. The standard InChI is InChI=1S/C22H22F6N2O3/c1-2-3-9-30-18-7-4-13(20(33,21(23,24)25)22(26,27)28)11-17(18)16-12-14(29-8-10-31)5-6-15(16)19(30)32/h4-7,11-12,29,31,33H,2-3,8-10H2,1H3. The molecule has 3 N–H and O–H groups in total. The number of aryl methyl sites for hydroxylation is 1. The van der Waals surface area contributed by atoms with E-state index in [2.05, 4.69) is 5.32 Å². The van der Waals surface area contributed by atoms with Crippen molar-refractivity contribution in [1.29, 1.82) is 0 Å². The minimum Gasteiger partial charge on any atom is -0.395 e. The summed E-state index contributed by atoms with van der Waals surface area (Å²) in [5.41, 5.74) is -6.36. The van der Waals surface area contributed by atoms with Gasteiger partial charge in [-0.25, -0.2) is 0 Å². The van der Waals surface area contributed by atoms with Crippen molar-refractivity contribution >= 4 is 27.4 Å². The topological polar surface area (TPSA) is 74.5 Å². The third kappa shape index (κ3) is 4.26. The van der Waals surface area contributed by atoms with Crippen LogP contribution in [0.1, 0.15) is 25.3 Å². The van der Waals surface area contributed by atoms with E-state index in [0.717, 1.165) is 6.07 Å². The Morgan fingerprint density at radius 1 is 0.939 bits per heavy atom. The molecule has 0 aliphatic carbocycles. The number of unbranched alkanes of at least 4 members (excludes halogenated alkanes) is 1. The van der Waals surface area contributed by atoms with Gasteiger partial charge >= 0.3 is 12.4 Å². The van der Waals surface area contributed by atoms with Crippen LogP contribution in [0.3, 0.4) is 0 Å². The fourth-order valence-corrected chi connectivity index (χ4v) is 3.76. The van der Waals surface area contributed by atoms with Crippen molar-refractivity contribution in [2.45, 2.75) is 44.3 Å². The molecule has 3 rings (SSSR count). The molecule has 0 unspecified atom stereocenters. The second kappa shape index (κ2) is 8.86. The van der Waals surface area contributed by atoms with Gasteiger partial charge in [0.05, 0.1) is 12.1 Å². The number of fused-ring (bicyclic) bond motifs is 3. The summed E-state index contributed by atoms with van der Waals surface area (Å²) >= 11 is 0. The minimum atomic E-state index is -6.03. The summed E-state index contributed by atoms with van der Waals surface area (Å²) in [5.74, 6) is 0. The van der Waals surface area contributed by atoms with Gasteiger partial charge in [-0.15, -0.1) is 0 Å². The molecular formula is C22H22F6N2O3. The van der Waals surface area contributed by atoms with Crippen molar-refractivity contribution in [3.8, 4) is 0 Å². The van der Waals surface area contributed by atoms with Crippen LogP contribution < -0.4 is 10.9 Å². The van der Waals surface area contributed by atoms with E-state index in [1.54, 1.807) is 0 Å². The average molecular weight is 476 g/mol. The number of halogens is 6. The van der Waals surface area contributed by atoms with Crippen LogP contribution in [0.15, 0.2) is 41.2 Å². The number of nitrogens with zero attached hydrogens (tertiary/aromatic N) is 1. The van der Waals surface area contributed by atoms with Crippen LogP contribution in [0, 0.1) is 0 Å². The van der Waals surface area contributed by atoms with Crippen LogP contribution in [-0.4, -0.2) is 40.3 Å². The molecular weight excluding hydrogens is 454 g/mol. The van der Waals surface area contributed by atoms with Gasteiger partial charge < -0.3 is 20.1 Å². The van der Waals surface area contributed by atoms with Crippen LogP contribution in [-0.2, 0) is 12.1 Å². The van der Waals surface area contributed by atoms with E-state index in [9.17, 15) is 36.2 Å². The molecule has 0 atom stereocenters. The van der Waals surface area contributed by atoms with Gasteiger partial charge in [0.1, 0.15) is 0 Å². The summed E-state index contributed by atoms with van der Waals surface area (Å²) in [6.45, 7) is 2.02. The van der Waals surface area contributed by atoms with E-state index in [-0.39, 0.29) is 41.4 Å². The first-order chi connectivity index (χ1) is 15.4. The minimum absolute atomic E-state index is 0.0437. The Labute approximate surface area is 184 Å². The van der Waals surface area contributed by atoms with E-state index >= 15 is 0 Å². The Hall–Kier alpha value is -2.79. The number of aliphatic hydroxyl groups is 2. The first kappa shape index (κ1) is 24.8. The molecule has 0 saturated carbocycles. The molecule has 0 radical (unpaired) electrons. The van der Waals surface area contributed by atoms with Gasteiger partial charge in [-0.2, -0.15) is 26.3 Å². The molecule has 1 aromatic heterocycles. The zero-order valence-corrected chi connectivity index (χ0v) is 17.5. The van der Waals surface area contributed by atoms with Gasteiger partial charge in [-0.3, -0.25) is 4.79 Å². The van der Waals surface area contributed by atoms with Crippen molar-refractivity contribution in [3.63, 3.8) is 0 Å². The zero-order chi connectivity index (χ0) is 24.6. The summed E-state index contributed by atoms with van der Waals surface area (Å²) < 4.78 is 82.0. The van der Waals surface area contributed by atoms with Crippen LogP contribution in [0.25, 0.3) is 21.7 Å². The second-order valence-electron chi connectivity index (χ2n) is 7.66. The predicted octanol–water partition coefficient (Wildman–Crippen LogP) is 4.67. The summed E-state index contributed by atoms with van der Waals surface area (Å²) in [5, 5.41) is 21.9. The number of pyridine rings is 1. The smallest absolute Gasteiger partial charge is 0.395 e. The molecule has 0 bridgehead atoms. The monoisotopic (exact) mass is 476 g/mol. The highest BCUT2D eigenvalue weighted by Crippen LogP contribution is 2.50. The fraction of sp³-hybridized carbons (Fsp3) is 0.409. The molecule has 0 aliphatic heterocycles. The molecule has 2 aromatic carbocycles. The van der Waals surface area contributed by atoms with Crippen LogP contribution in [0.2, 0.25) is 0 Å². The van der Waals surface area contributed by atoms with Crippen molar-refractivity contribution in [3.05, 3.63) is 52.3 Å². The van der Waals surface area contributed by atoms with E-state index in [1.807, 2.05) is 6.92 Å². The normalized spacial score (nSPS) is 13.1. The highest BCUT2D eigenvalue weighted by atomic mass is 19.4. The lowest BCUT2D eigenvalue weighted by Crippen LogP contribution is -2.53. The molecule has 180 valence electrons. The van der Waals surface area contributed by atoms with Gasteiger partial charge in [0.15, 0.2) is 0 Å². The van der Waals surface area contributed by atoms with Crippen LogP contribution in [0.5, 0.6) is 0 Å². The quantitative estimate of drug-likeness (QED) is 0.342. The van der Waals surface area contributed by atoms with E-state index in [0.29, 0.717) is 30.7 Å². The van der Waals surface area contributed by atoms with Gasteiger partial charge in [0, 0.05) is 35.1 Å². The number of rotatable bonds is 7. The summed E-state index contributed by atoms with van der Waals surface area (Å²) in [6, 6.07) is 6.55. The number of hydrogen-bond acceptors (Lipinski definition) is 4. The molecule has 3 aromatic rings. The number of aliphatic hydroxyl groups excluding tert-OH is 1. The van der Waals surface area contributed by atoms with Crippen molar-refractivity contribution in [2.75, 3.05) is 18.5 Å². The molecule has 0 saturated heterocycles. The number of aromatic nitrogens is 1. The highest BCUT2D eigenvalue weighted by Gasteiger charge is 2.71. The van der Waals surface area contributed by atoms with Crippen molar-refractivity contribution in [2.24, 2.45) is 0 Å². The zero-order valence-electron chi connectivity index (χ0n) is 17.5. The maximum atomic E-state index is 13.5. The fourth-order valence-electron chi connectivity index (χ4n) is 3.76. The lowest BCUT2D eigenvalue weighted by molar-refractivity contribution is -0.376. The Balaban J connectivity index is 2.41. The average Bonchev–Trinajstić information content (AvgIpc) is 2.75. The van der Waals surface area contributed by atoms with E-state index in [1.165, 1.54) is 22.8 Å². The lowest BCUT2D eigenvalue weighted by atomic mass is 9.90. The molecule has 1 heterocycles. The van der Waals surface area contributed by atoms with Gasteiger partial charge in [0.2, 0.25) is 0 Å². The van der Waals surface area contributed by atoms with Gasteiger partial charge in [0.25, 0.3) is 11.2 Å². The summed E-state index contributed by atoms with van der Waals surface area (Å²) in [6.07, 6.45) is -10.8. The maximum absolute atomic E-state index is 13.5. The highest BCUT2D eigenvalue weighted by molar-refractivity contribution is 6.07.